The molecule has 2 aliphatic heterocycles. The Hall–Kier alpha value is -4.99. The third-order valence-corrected chi connectivity index (χ3v) is 10.00. The number of hydrogen-bond donors (Lipinski definition) is 0. The highest BCUT2D eigenvalue weighted by Gasteiger charge is 2.51. The molecular weight excluding hydrogens is 681 g/mol. The lowest BCUT2D eigenvalue weighted by Gasteiger charge is -2.45. The maximum atomic E-state index is 15.0. The standard InChI is InChI=1S/C44H56N4O6/c1-7-52-40-38(31(3)4)47(28-33-19-12-9-13-20-33)42(50)36(45-40)25-18-26-44(27-37(49)54-30-35-23-16-11-17-24-35)43(51)48(29-34-21-14-10-15-22-34)39(32(5)6)41(46-44)53-8-2/h9-17,19-24,31-32,36,38-39H,7-8,18,25-30H2,1-6H3/t36-,38+,39+,44-/m1/s1. The lowest BCUT2D eigenvalue weighted by molar-refractivity contribution is -0.153. The summed E-state index contributed by atoms with van der Waals surface area (Å²) < 4.78 is 18.1. The molecule has 5 rings (SSSR count). The van der Waals surface area contributed by atoms with Gasteiger partial charge in [0.2, 0.25) is 17.7 Å². The minimum Gasteiger partial charge on any atom is -0.480 e. The fourth-order valence-corrected chi connectivity index (χ4v) is 7.50. The Labute approximate surface area is 320 Å². The van der Waals surface area contributed by atoms with Gasteiger partial charge in [0.05, 0.1) is 19.6 Å². The molecule has 0 spiro atoms. The van der Waals surface area contributed by atoms with Crippen LogP contribution in [0.2, 0.25) is 0 Å². The molecule has 10 heteroatoms. The number of esters is 1. The Morgan fingerprint density at radius 1 is 0.722 bits per heavy atom. The summed E-state index contributed by atoms with van der Waals surface area (Å²) >= 11 is 0. The predicted octanol–water partition coefficient (Wildman–Crippen LogP) is 7.40. The van der Waals surface area contributed by atoms with Gasteiger partial charge in [-0.25, -0.2) is 9.98 Å². The molecule has 0 unspecified atom stereocenters. The van der Waals surface area contributed by atoms with Crippen molar-refractivity contribution in [1.29, 1.82) is 0 Å². The molecule has 2 heterocycles. The van der Waals surface area contributed by atoms with Gasteiger partial charge in [0.15, 0.2) is 5.54 Å². The van der Waals surface area contributed by atoms with Crippen molar-refractivity contribution in [2.45, 2.75) is 111 Å². The zero-order chi connectivity index (χ0) is 38.7. The molecule has 0 saturated carbocycles. The number of aliphatic imine (C=N–C) groups is 2. The molecule has 0 fully saturated rings. The van der Waals surface area contributed by atoms with Gasteiger partial charge in [-0.15, -0.1) is 0 Å². The van der Waals surface area contributed by atoms with E-state index in [1.807, 2.05) is 128 Å². The molecule has 2 aliphatic rings. The van der Waals surface area contributed by atoms with E-state index in [-0.39, 0.29) is 49.1 Å². The summed E-state index contributed by atoms with van der Waals surface area (Å²) in [6, 6.07) is 27.7. The molecule has 0 aliphatic carbocycles. The van der Waals surface area contributed by atoms with Gasteiger partial charge in [0, 0.05) is 13.1 Å². The van der Waals surface area contributed by atoms with E-state index in [0.717, 1.165) is 16.7 Å². The van der Waals surface area contributed by atoms with Crippen molar-refractivity contribution in [1.82, 2.24) is 9.80 Å². The molecule has 3 aromatic rings. The van der Waals surface area contributed by atoms with Gasteiger partial charge < -0.3 is 24.0 Å². The van der Waals surface area contributed by atoms with Crippen LogP contribution < -0.4 is 0 Å². The van der Waals surface area contributed by atoms with Crippen LogP contribution in [0.1, 0.15) is 83.9 Å². The van der Waals surface area contributed by atoms with E-state index in [9.17, 15) is 9.59 Å². The highest BCUT2D eigenvalue weighted by molar-refractivity contribution is 6.00. The summed E-state index contributed by atoms with van der Waals surface area (Å²) in [5, 5.41) is 0. The van der Waals surface area contributed by atoms with Crippen LogP contribution in [-0.4, -0.2) is 76.3 Å². The first kappa shape index (κ1) is 40.2. The van der Waals surface area contributed by atoms with Crippen molar-refractivity contribution in [3.05, 3.63) is 108 Å². The number of hydrogen-bond acceptors (Lipinski definition) is 8. The molecule has 2 amide bonds. The van der Waals surface area contributed by atoms with Crippen molar-refractivity contribution >= 4 is 29.6 Å². The molecule has 0 radical (unpaired) electrons. The molecule has 3 aromatic carbocycles. The van der Waals surface area contributed by atoms with E-state index >= 15 is 4.79 Å². The maximum absolute atomic E-state index is 15.0. The zero-order valence-electron chi connectivity index (χ0n) is 32.6. The van der Waals surface area contributed by atoms with Gasteiger partial charge in [-0.2, -0.15) is 0 Å². The maximum Gasteiger partial charge on any atom is 0.309 e. The van der Waals surface area contributed by atoms with E-state index in [1.54, 1.807) is 0 Å². The smallest absolute Gasteiger partial charge is 0.309 e. The van der Waals surface area contributed by atoms with Gasteiger partial charge in [0.1, 0.15) is 24.7 Å². The second-order valence-electron chi connectivity index (χ2n) is 14.8. The highest BCUT2D eigenvalue weighted by Crippen LogP contribution is 2.37. The van der Waals surface area contributed by atoms with Crippen LogP contribution >= 0.6 is 0 Å². The number of carbonyl (C=O) groups excluding carboxylic acids is 3. The Bertz CT molecular complexity index is 1750. The molecule has 4 atom stereocenters. The summed E-state index contributed by atoms with van der Waals surface area (Å²) in [5.74, 6) is 0.158. The second-order valence-corrected chi connectivity index (χ2v) is 14.8. The van der Waals surface area contributed by atoms with E-state index in [4.69, 9.17) is 24.2 Å². The summed E-state index contributed by atoms with van der Waals surface area (Å²) in [6.45, 7) is 13.6. The Kier molecular flexibility index (Phi) is 14.0. The normalized spacial score (nSPS) is 21.6. The van der Waals surface area contributed by atoms with Crippen LogP contribution in [-0.2, 0) is 48.3 Å². The second kappa shape index (κ2) is 18.9. The molecule has 0 bridgehead atoms. The van der Waals surface area contributed by atoms with E-state index in [0.29, 0.717) is 50.9 Å². The Morgan fingerprint density at radius 3 is 1.76 bits per heavy atom. The van der Waals surface area contributed by atoms with Crippen LogP contribution in [0.4, 0.5) is 0 Å². The average molecular weight is 737 g/mol. The molecular formula is C44H56N4O6. The number of nitrogens with zero attached hydrogens (tertiary/aromatic N) is 4. The summed E-state index contributed by atoms with van der Waals surface area (Å²) in [7, 11) is 0. The fourth-order valence-electron chi connectivity index (χ4n) is 7.50. The number of amides is 2. The van der Waals surface area contributed by atoms with Crippen molar-refractivity contribution in [3.63, 3.8) is 0 Å². The van der Waals surface area contributed by atoms with Crippen LogP contribution in [0.15, 0.2) is 101 Å². The predicted molar refractivity (Wildman–Crippen MR) is 211 cm³/mol. The van der Waals surface area contributed by atoms with Crippen LogP contribution in [0.3, 0.4) is 0 Å². The first-order chi connectivity index (χ1) is 26.1. The largest absolute Gasteiger partial charge is 0.480 e. The number of ether oxygens (including phenoxy) is 3. The third-order valence-electron chi connectivity index (χ3n) is 10.00. The van der Waals surface area contributed by atoms with Crippen molar-refractivity contribution in [2.24, 2.45) is 21.8 Å². The molecule has 54 heavy (non-hydrogen) atoms. The number of benzene rings is 3. The topological polar surface area (TPSA) is 110 Å². The molecule has 0 N–H and O–H groups in total. The van der Waals surface area contributed by atoms with Gasteiger partial charge in [-0.3, -0.25) is 14.4 Å². The Balaban J connectivity index is 1.48. The van der Waals surface area contributed by atoms with Crippen LogP contribution in [0.25, 0.3) is 0 Å². The lowest BCUT2D eigenvalue weighted by Crippen LogP contribution is -2.61. The number of rotatable bonds is 16. The summed E-state index contributed by atoms with van der Waals surface area (Å²) in [6.07, 6.45) is 0.643. The highest BCUT2D eigenvalue weighted by atomic mass is 16.5. The monoisotopic (exact) mass is 736 g/mol. The molecule has 0 aromatic heterocycles. The lowest BCUT2D eigenvalue weighted by atomic mass is 9.83. The quantitative estimate of drug-likeness (QED) is 0.142. The zero-order valence-corrected chi connectivity index (χ0v) is 32.6. The van der Waals surface area contributed by atoms with E-state index in [1.165, 1.54) is 0 Å². The number of carbonyl (C=O) groups is 3. The van der Waals surface area contributed by atoms with Crippen molar-refractivity contribution in [2.75, 3.05) is 13.2 Å². The van der Waals surface area contributed by atoms with Crippen LogP contribution in [0, 0.1) is 11.8 Å². The van der Waals surface area contributed by atoms with E-state index in [2.05, 4.69) is 13.8 Å². The minimum absolute atomic E-state index is 0.0123. The molecule has 0 saturated heterocycles. The van der Waals surface area contributed by atoms with Crippen molar-refractivity contribution < 1.29 is 28.6 Å². The first-order valence-corrected chi connectivity index (χ1v) is 19.4. The fraction of sp³-hybridized carbons (Fsp3) is 0.477. The average Bonchev–Trinajstić information content (AvgIpc) is 3.16. The van der Waals surface area contributed by atoms with Gasteiger partial charge in [-0.1, -0.05) is 119 Å². The summed E-state index contributed by atoms with van der Waals surface area (Å²) in [5.41, 5.74) is 1.31. The van der Waals surface area contributed by atoms with Gasteiger partial charge >= 0.3 is 5.97 Å². The van der Waals surface area contributed by atoms with E-state index < -0.39 is 23.6 Å². The van der Waals surface area contributed by atoms with Crippen molar-refractivity contribution in [3.8, 4) is 0 Å². The molecule has 288 valence electrons. The minimum atomic E-state index is -1.51. The third kappa shape index (κ3) is 9.75. The SMILES string of the molecule is CCOC1=N[C@H](CCC[C@]2(CC(=O)OCc3ccccc3)N=C(OCC)[C@H](C(C)C)N(Cc3ccccc3)C2=O)C(=O)N(Cc2ccccc2)[C@H]1C(C)C. The summed E-state index contributed by atoms with van der Waals surface area (Å²) in [4.78, 5) is 56.7. The Morgan fingerprint density at radius 2 is 1.22 bits per heavy atom. The molecule has 10 nitrogen and oxygen atoms in total. The van der Waals surface area contributed by atoms with Crippen LogP contribution in [0.5, 0.6) is 0 Å². The van der Waals surface area contributed by atoms with Gasteiger partial charge in [0.25, 0.3) is 5.91 Å². The van der Waals surface area contributed by atoms with Gasteiger partial charge in [-0.05, 0) is 61.6 Å². The first-order valence-electron chi connectivity index (χ1n) is 19.4.